The van der Waals surface area contributed by atoms with Crippen molar-refractivity contribution in [3.8, 4) is 0 Å². The van der Waals surface area contributed by atoms with E-state index in [4.69, 9.17) is 0 Å². The lowest BCUT2D eigenvalue weighted by Gasteiger charge is -2.13. The molecule has 2 rings (SSSR count). The Hall–Kier alpha value is -1.97. The molecule has 0 bridgehead atoms. The molecule has 0 amide bonds. The van der Waals surface area contributed by atoms with Crippen molar-refractivity contribution in [1.29, 1.82) is 0 Å². The van der Waals surface area contributed by atoms with Gasteiger partial charge >= 0.3 is 0 Å². The van der Waals surface area contributed by atoms with Gasteiger partial charge in [-0.3, -0.25) is 4.79 Å². The molecule has 2 aromatic rings. The first-order valence-corrected chi connectivity index (χ1v) is 5.16. The zero-order chi connectivity index (χ0) is 11.4. The van der Waals surface area contributed by atoms with E-state index in [0.29, 0.717) is 6.42 Å². The number of Topliss-reactive ketones (excluding diaryl/α,β-unsaturated/α-hetero) is 1. The fraction of sp³-hybridized carbons (Fsp3) is 0.250. The van der Waals surface area contributed by atoms with Crippen molar-refractivity contribution >= 4 is 5.78 Å². The number of aromatic nitrogens is 3. The number of benzene rings is 1. The first-order chi connectivity index (χ1) is 7.77. The second-order valence-electron chi connectivity index (χ2n) is 3.69. The van der Waals surface area contributed by atoms with Crippen LogP contribution in [-0.2, 0) is 11.2 Å². The van der Waals surface area contributed by atoms with Gasteiger partial charge in [-0.05, 0) is 12.5 Å². The summed E-state index contributed by atoms with van der Waals surface area (Å²) < 4.78 is 1.61. The Morgan fingerprint density at radius 2 is 2.12 bits per heavy atom. The highest BCUT2D eigenvalue weighted by molar-refractivity contribution is 5.80. The van der Waals surface area contributed by atoms with Gasteiger partial charge in [0.15, 0.2) is 5.78 Å². The number of carbonyl (C=O) groups excluding carboxylic acids is 1. The summed E-state index contributed by atoms with van der Waals surface area (Å²) in [5, 5.41) is 4.02. The van der Waals surface area contributed by atoms with Crippen molar-refractivity contribution in [3.63, 3.8) is 0 Å². The number of ketones is 1. The van der Waals surface area contributed by atoms with Crippen LogP contribution in [0, 0.1) is 0 Å². The quantitative estimate of drug-likeness (QED) is 0.779. The zero-order valence-corrected chi connectivity index (χ0v) is 9.08. The molecule has 1 aromatic carbocycles. The third-order valence-electron chi connectivity index (χ3n) is 2.50. The van der Waals surface area contributed by atoms with Gasteiger partial charge < -0.3 is 0 Å². The average molecular weight is 215 g/mol. The van der Waals surface area contributed by atoms with Crippen molar-refractivity contribution in [3.05, 3.63) is 48.5 Å². The van der Waals surface area contributed by atoms with Crippen molar-refractivity contribution in [2.45, 2.75) is 19.4 Å². The van der Waals surface area contributed by atoms with Crippen molar-refractivity contribution in [2.75, 3.05) is 0 Å². The van der Waals surface area contributed by atoms with E-state index >= 15 is 0 Å². The van der Waals surface area contributed by atoms with Gasteiger partial charge in [-0.1, -0.05) is 30.3 Å². The van der Waals surface area contributed by atoms with Crippen LogP contribution in [0.2, 0.25) is 0 Å². The Kier molecular flexibility index (Phi) is 3.10. The summed E-state index contributed by atoms with van der Waals surface area (Å²) in [7, 11) is 0. The van der Waals surface area contributed by atoms with E-state index in [1.165, 1.54) is 6.33 Å². The van der Waals surface area contributed by atoms with Crippen LogP contribution in [0.25, 0.3) is 0 Å². The van der Waals surface area contributed by atoms with Crippen LogP contribution in [0.1, 0.15) is 18.5 Å². The Morgan fingerprint density at radius 3 is 2.69 bits per heavy atom. The smallest absolute Gasteiger partial charge is 0.154 e. The normalized spacial score (nSPS) is 12.3. The number of rotatable bonds is 4. The molecule has 0 spiro atoms. The Labute approximate surface area is 93.9 Å². The van der Waals surface area contributed by atoms with Crippen LogP contribution < -0.4 is 0 Å². The number of carbonyl (C=O) groups is 1. The van der Waals surface area contributed by atoms with E-state index < -0.39 is 0 Å². The lowest BCUT2D eigenvalue weighted by molar-refractivity contribution is -0.120. The van der Waals surface area contributed by atoms with Gasteiger partial charge in [0.25, 0.3) is 0 Å². The molecule has 1 atom stereocenters. The zero-order valence-electron chi connectivity index (χ0n) is 9.08. The predicted octanol–water partition coefficient (Wildman–Crippen LogP) is 1.65. The fourth-order valence-corrected chi connectivity index (χ4v) is 1.64. The van der Waals surface area contributed by atoms with Crippen LogP contribution in [-0.4, -0.2) is 20.5 Å². The average Bonchev–Trinajstić information content (AvgIpc) is 2.80. The van der Waals surface area contributed by atoms with Crippen LogP contribution in [0.3, 0.4) is 0 Å². The van der Waals surface area contributed by atoms with Gasteiger partial charge in [-0.15, -0.1) is 0 Å². The molecule has 16 heavy (non-hydrogen) atoms. The molecule has 0 aliphatic carbocycles. The first-order valence-electron chi connectivity index (χ1n) is 5.16. The maximum atomic E-state index is 11.6. The molecule has 0 aliphatic heterocycles. The summed E-state index contributed by atoms with van der Waals surface area (Å²) in [6, 6.07) is 9.65. The van der Waals surface area contributed by atoms with Gasteiger partial charge in [0.05, 0.1) is 0 Å². The Morgan fingerprint density at radius 1 is 1.38 bits per heavy atom. The predicted molar refractivity (Wildman–Crippen MR) is 59.9 cm³/mol. The highest BCUT2D eigenvalue weighted by atomic mass is 16.1. The molecule has 0 aliphatic rings. The van der Waals surface area contributed by atoms with E-state index in [1.807, 2.05) is 30.3 Å². The Bertz CT molecular complexity index is 450. The van der Waals surface area contributed by atoms with Crippen LogP contribution in [0.15, 0.2) is 43.0 Å². The summed E-state index contributed by atoms with van der Waals surface area (Å²) in [4.78, 5) is 15.4. The maximum Gasteiger partial charge on any atom is 0.154 e. The molecular weight excluding hydrogens is 202 g/mol. The highest BCUT2D eigenvalue weighted by Crippen LogP contribution is 2.13. The van der Waals surface area contributed by atoms with E-state index in [2.05, 4.69) is 10.1 Å². The summed E-state index contributed by atoms with van der Waals surface area (Å²) in [6.45, 7) is 1.58. The summed E-state index contributed by atoms with van der Waals surface area (Å²) in [5.41, 5.74) is 1.12. The van der Waals surface area contributed by atoms with Gasteiger partial charge in [0.2, 0.25) is 0 Å². The second-order valence-corrected chi connectivity index (χ2v) is 3.69. The third kappa shape index (κ3) is 2.34. The minimum absolute atomic E-state index is 0.0920. The minimum Gasteiger partial charge on any atom is -0.298 e. The molecule has 0 N–H and O–H groups in total. The van der Waals surface area contributed by atoms with Crippen LogP contribution in [0.4, 0.5) is 0 Å². The second kappa shape index (κ2) is 4.70. The minimum atomic E-state index is -0.259. The molecule has 4 heteroatoms. The summed E-state index contributed by atoms with van der Waals surface area (Å²) in [5.74, 6) is 0.0920. The third-order valence-corrected chi connectivity index (χ3v) is 2.50. The Balaban J connectivity index is 2.19. The van der Waals surface area contributed by atoms with E-state index in [1.54, 1.807) is 17.9 Å². The molecule has 0 saturated carbocycles. The number of hydrogen-bond acceptors (Lipinski definition) is 3. The maximum absolute atomic E-state index is 11.6. The van der Waals surface area contributed by atoms with Crippen LogP contribution in [0.5, 0.6) is 0 Å². The van der Waals surface area contributed by atoms with Gasteiger partial charge in [-0.2, -0.15) is 5.10 Å². The van der Waals surface area contributed by atoms with Gasteiger partial charge in [-0.25, -0.2) is 9.67 Å². The van der Waals surface area contributed by atoms with Gasteiger partial charge in [0.1, 0.15) is 18.7 Å². The fourth-order valence-electron chi connectivity index (χ4n) is 1.64. The number of hydrogen-bond donors (Lipinski definition) is 0. The lowest BCUT2D eigenvalue weighted by Crippen LogP contribution is -2.20. The lowest BCUT2D eigenvalue weighted by atomic mass is 10.0. The molecular formula is C12H13N3O. The SMILES string of the molecule is CC(=O)C(Cc1ccccc1)n1cncn1. The molecule has 0 radical (unpaired) electrons. The largest absolute Gasteiger partial charge is 0.298 e. The summed E-state index contributed by atoms with van der Waals surface area (Å²) in [6.07, 6.45) is 3.68. The van der Waals surface area contributed by atoms with Crippen molar-refractivity contribution in [2.24, 2.45) is 0 Å². The van der Waals surface area contributed by atoms with E-state index in [0.717, 1.165) is 5.56 Å². The first kappa shape index (κ1) is 10.5. The van der Waals surface area contributed by atoms with Crippen molar-refractivity contribution < 1.29 is 4.79 Å². The summed E-state index contributed by atoms with van der Waals surface area (Å²) >= 11 is 0. The number of nitrogens with zero attached hydrogens (tertiary/aromatic N) is 3. The van der Waals surface area contributed by atoms with Gasteiger partial charge in [0, 0.05) is 6.42 Å². The highest BCUT2D eigenvalue weighted by Gasteiger charge is 2.17. The molecule has 0 saturated heterocycles. The molecule has 0 fully saturated rings. The molecule has 1 aromatic heterocycles. The topological polar surface area (TPSA) is 47.8 Å². The molecule has 4 nitrogen and oxygen atoms in total. The van der Waals surface area contributed by atoms with E-state index in [-0.39, 0.29) is 11.8 Å². The van der Waals surface area contributed by atoms with E-state index in [9.17, 15) is 4.79 Å². The van der Waals surface area contributed by atoms with Crippen molar-refractivity contribution in [1.82, 2.24) is 14.8 Å². The molecule has 1 heterocycles. The van der Waals surface area contributed by atoms with Crippen LogP contribution >= 0.6 is 0 Å². The molecule has 1 unspecified atom stereocenters. The molecule has 82 valence electrons. The monoisotopic (exact) mass is 215 g/mol. The standard InChI is InChI=1S/C12H13N3O/c1-10(16)12(15-9-13-8-14-15)7-11-5-3-2-4-6-11/h2-6,8-9,12H,7H2,1H3.